The highest BCUT2D eigenvalue weighted by Crippen LogP contribution is 2.18. The van der Waals surface area contributed by atoms with E-state index < -0.39 is 5.82 Å². The molecule has 0 bridgehead atoms. The van der Waals surface area contributed by atoms with Gasteiger partial charge in [-0.25, -0.2) is 4.39 Å². The minimum Gasteiger partial charge on any atom is -0.488 e. The van der Waals surface area contributed by atoms with E-state index in [9.17, 15) is 4.39 Å². The predicted molar refractivity (Wildman–Crippen MR) is 60.9 cm³/mol. The van der Waals surface area contributed by atoms with Crippen LogP contribution < -0.4 is 10.5 Å². The monoisotopic (exact) mass is 242 g/mol. The van der Waals surface area contributed by atoms with Gasteiger partial charge in [0.25, 0.3) is 0 Å². The van der Waals surface area contributed by atoms with Gasteiger partial charge in [0.1, 0.15) is 6.61 Å². The second-order valence-corrected chi connectivity index (χ2v) is 3.49. The molecule has 1 rings (SSSR count). The average molecular weight is 242 g/mol. The number of hydrogen-bond acceptors (Lipinski definition) is 4. The summed E-state index contributed by atoms with van der Waals surface area (Å²) in [6, 6.07) is 4.07. The number of rotatable bonds is 5. The Balaban J connectivity index is 2.76. The molecule has 17 heavy (non-hydrogen) atoms. The third kappa shape index (κ3) is 3.60. The van der Waals surface area contributed by atoms with Gasteiger partial charge in [-0.15, -0.1) is 0 Å². The lowest BCUT2D eigenvalue weighted by Crippen LogP contribution is -2.17. The summed E-state index contributed by atoms with van der Waals surface area (Å²) >= 11 is 0. The fourth-order valence-electron chi connectivity index (χ4n) is 1.11. The van der Waals surface area contributed by atoms with Crippen molar-refractivity contribution in [3.8, 4) is 5.75 Å². The van der Waals surface area contributed by atoms with E-state index in [1.807, 2.05) is 6.92 Å². The molecule has 0 amide bonds. The predicted octanol–water partition coefficient (Wildman–Crippen LogP) is 1.33. The maximum atomic E-state index is 13.5. The van der Waals surface area contributed by atoms with Crippen molar-refractivity contribution >= 4 is 5.84 Å². The number of ether oxygens (including phenoxy) is 2. The fraction of sp³-hybridized carbons (Fsp3) is 0.364. The molecule has 0 heterocycles. The van der Waals surface area contributed by atoms with Crippen LogP contribution in [0.25, 0.3) is 0 Å². The van der Waals surface area contributed by atoms with Crippen molar-refractivity contribution in [1.82, 2.24) is 0 Å². The van der Waals surface area contributed by atoms with Gasteiger partial charge in [0.15, 0.2) is 17.4 Å². The summed E-state index contributed by atoms with van der Waals surface area (Å²) < 4.78 is 23.7. The van der Waals surface area contributed by atoms with Gasteiger partial charge >= 0.3 is 0 Å². The van der Waals surface area contributed by atoms with E-state index in [1.54, 1.807) is 7.11 Å². The minimum absolute atomic E-state index is 0.100. The number of oxime groups is 1. The van der Waals surface area contributed by atoms with E-state index in [2.05, 4.69) is 5.16 Å². The number of benzene rings is 1. The van der Waals surface area contributed by atoms with Crippen LogP contribution in [-0.2, 0) is 4.74 Å². The summed E-state index contributed by atoms with van der Waals surface area (Å²) in [5, 5.41) is 11.2. The van der Waals surface area contributed by atoms with Gasteiger partial charge in [0.2, 0.25) is 0 Å². The Hall–Kier alpha value is -1.82. The molecule has 1 aromatic rings. The Morgan fingerprint density at radius 2 is 2.29 bits per heavy atom. The lowest BCUT2D eigenvalue weighted by Gasteiger charge is -2.12. The minimum atomic E-state index is -0.572. The van der Waals surface area contributed by atoms with E-state index in [0.29, 0.717) is 0 Å². The fourth-order valence-corrected chi connectivity index (χ4v) is 1.11. The van der Waals surface area contributed by atoms with Crippen molar-refractivity contribution in [2.24, 2.45) is 10.9 Å². The molecule has 0 spiro atoms. The Bertz CT molecular complexity index is 410. The zero-order chi connectivity index (χ0) is 12.8. The zero-order valence-electron chi connectivity index (χ0n) is 9.68. The smallest absolute Gasteiger partial charge is 0.170 e. The van der Waals surface area contributed by atoms with Crippen LogP contribution >= 0.6 is 0 Å². The number of amidine groups is 1. The van der Waals surface area contributed by atoms with Gasteiger partial charge in [-0.2, -0.15) is 0 Å². The maximum Gasteiger partial charge on any atom is 0.170 e. The second-order valence-electron chi connectivity index (χ2n) is 3.49. The highest BCUT2D eigenvalue weighted by molar-refractivity contribution is 5.97. The topological polar surface area (TPSA) is 77.1 Å². The Labute approximate surface area is 98.6 Å². The van der Waals surface area contributed by atoms with Crippen molar-refractivity contribution in [3.05, 3.63) is 29.6 Å². The quantitative estimate of drug-likeness (QED) is 0.353. The van der Waals surface area contributed by atoms with Gasteiger partial charge in [-0.05, 0) is 25.1 Å². The molecule has 1 aromatic carbocycles. The van der Waals surface area contributed by atoms with Crippen LogP contribution in [-0.4, -0.2) is 30.9 Å². The first kappa shape index (κ1) is 13.2. The van der Waals surface area contributed by atoms with Crippen molar-refractivity contribution < 1.29 is 19.1 Å². The van der Waals surface area contributed by atoms with Gasteiger partial charge < -0.3 is 20.4 Å². The first-order valence-corrected chi connectivity index (χ1v) is 5.01. The lowest BCUT2D eigenvalue weighted by atomic mass is 10.2. The van der Waals surface area contributed by atoms with E-state index in [-0.39, 0.29) is 29.9 Å². The molecule has 0 radical (unpaired) electrons. The summed E-state index contributed by atoms with van der Waals surface area (Å²) in [6.45, 7) is 2.05. The van der Waals surface area contributed by atoms with Crippen molar-refractivity contribution in [2.45, 2.75) is 13.0 Å². The second kappa shape index (κ2) is 6.05. The molecule has 0 fully saturated rings. The van der Waals surface area contributed by atoms with Crippen molar-refractivity contribution in [2.75, 3.05) is 13.7 Å². The zero-order valence-corrected chi connectivity index (χ0v) is 9.68. The van der Waals surface area contributed by atoms with Crippen LogP contribution in [0.1, 0.15) is 12.5 Å². The molecule has 1 unspecified atom stereocenters. The number of hydrogen-bond donors (Lipinski definition) is 2. The lowest BCUT2D eigenvalue weighted by molar-refractivity contribution is 0.0702. The number of halogens is 1. The van der Waals surface area contributed by atoms with Gasteiger partial charge in [-0.1, -0.05) is 5.16 Å². The molecule has 5 nitrogen and oxygen atoms in total. The summed E-state index contributed by atoms with van der Waals surface area (Å²) in [5.41, 5.74) is 5.62. The molecule has 0 saturated carbocycles. The van der Waals surface area contributed by atoms with Gasteiger partial charge in [-0.3, -0.25) is 0 Å². The number of methoxy groups -OCH3 is 1. The summed E-state index contributed by atoms with van der Waals surface area (Å²) in [5.74, 6) is -0.624. The SMILES string of the molecule is COC(C)COc1ccc(/C(N)=N/O)cc1F. The molecule has 1 atom stereocenters. The Morgan fingerprint density at radius 3 is 2.82 bits per heavy atom. The number of nitrogens with two attached hydrogens (primary N) is 1. The van der Waals surface area contributed by atoms with Crippen LogP contribution in [0, 0.1) is 5.82 Å². The largest absolute Gasteiger partial charge is 0.488 e. The highest BCUT2D eigenvalue weighted by Gasteiger charge is 2.09. The molecule has 0 aliphatic carbocycles. The molecule has 6 heteroatoms. The molecule has 0 aliphatic heterocycles. The van der Waals surface area contributed by atoms with E-state index in [4.69, 9.17) is 20.4 Å². The standard InChI is InChI=1S/C11H15FN2O3/c1-7(16-2)6-17-10-4-3-8(5-9(10)12)11(13)14-15/h3-5,7,15H,6H2,1-2H3,(H2,13,14). The van der Waals surface area contributed by atoms with E-state index in [0.717, 1.165) is 6.07 Å². The van der Waals surface area contributed by atoms with Crippen LogP contribution in [0.4, 0.5) is 4.39 Å². The molecule has 0 saturated heterocycles. The maximum absolute atomic E-state index is 13.5. The van der Waals surface area contributed by atoms with E-state index in [1.165, 1.54) is 12.1 Å². The van der Waals surface area contributed by atoms with Gasteiger partial charge in [0, 0.05) is 12.7 Å². The van der Waals surface area contributed by atoms with Crippen LogP contribution in [0.2, 0.25) is 0 Å². The molecule has 0 aromatic heterocycles. The first-order valence-electron chi connectivity index (χ1n) is 5.01. The van der Waals surface area contributed by atoms with Crippen LogP contribution in [0.15, 0.2) is 23.4 Å². The van der Waals surface area contributed by atoms with Crippen LogP contribution in [0.3, 0.4) is 0 Å². The normalized spacial score (nSPS) is 13.5. The molecule has 94 valence electrons. The summed E-state index contributed by atoms with van der Waals surface area (Å²) in [7, 11) is 1.55. The molecular weight excluding hydrogens is 227 g/mol. The molecule has 0 aliphatic rings. The van der Waals surface area contributed by atoms with Crippen molar-refractivity contribution in [1.29, 1.82) is 0 Å². The Kier molecular flexibility index (Phi) is 4.71. The number of nitrogens with zero attached hydrogens (tertiary/aromatic N) is 1. The molecule has 3 N–H and O–H groups in total. The van der Waals surface area contributed by atoms with E-state index >= 15 is 0 Å². The molecular formula is C11H15FN2O3. The highest BCUT2D eigenvalue weighted by atomic mass is 19.1. The van der Waals surface area contributed by atoms with Crippen molar-refractivity contribution in [3.63, 3.8) is 0 Å². The third-order valence-electron chi connectivity index (χ3n) is 2.21. The summed E-state index contributed by atoms with van der Waals surface area (Å²) in [6.07, 6.45) is -0.127. The average Bonchev–Trinajstić information content (AvgIpc) is 2.35. The summed E-state index contributed by atoms with van der Waals surface area (Å²) in [4.78, 5) is 0. The van der Waals surface area contributed by atoms with Gasteiger partial charge in [0.05, 0.1) is 6.10 Å². The first-order chi connectivity index (χ1) is 8.08. The Morgan fingerprint density at radius 1 is 1.59 bits per heavy atom. The van der Waals surface area contributed by atoms with Crippen LogP contribution in [0.5, 0.6) is 5.75 Å². The third-order valence-corrected chi connectivity index (χ3v) is 2.21.